The topological polar surface area (TPSA) is 140 Å². The zero-order valence-electron chi connectivity index (χ0n) is 25.4. The van der Waals surface area contributed by atoms with Gasteiger partial charge in [0.25, 0.3) is 5.91 Å². The van der Waals surface area contributed by atoms with Crippen LogP contribution in [0.2, 0.25) is 0 Å². The molecular formula is C31H44N4O6. The van der Waals surface area contributed by atoms with Gasteiger partial charge in [0.15, 0.2) is 0 Å². The number of anilines is 1. The van der Waals surface area contributed by atoms with Gasteiger partial charge in [-0.2, -0.15) is 0 Å². The van der Waals surface area contributed by atoms with E-state index in [1.807, 2.05) is 39.8 Å². The molecule has 0 fully saturated rings. The highest BCUT2D eigenvalue weighted by atomic mass is 16.6. The Morgan fingerprint density at radius 3 is 2.02 bits per heavy atom. The van der Waals surface area contributed by atoms with Crippen molar-refractivity contribution in [3.63, 3.8) is 0 Å². The number of benzene rings is 2. The lowest BCUT2D eigenvalue weighted by Gasteiger charge is -2.44. The van der Waals surface area contributed by atoms with E-state index in [4.69, 9.17) is 15.2 Å². The third-order valence-corrected chi connectivity index (χ3v) is 6.68. The van der Waals surface area contributed by atoms with Gasteiger partial charge in [0.05, 0.1) is 7.11 Å². The fourth-order valence-electron chi connectivity index (χ4n) is 4.16. The SMILES string of the molecule is CCC(C)(C)N(C(=O)C(CCC(N)=O)NC(=O)OC(C)(C)C)C(C(=O)Nc1ccc(OC)cc1)c1ccc(C)cc1. The molecule has 0 saturated carbocycles. The monoisotopic (exact) mass is 568 g/mol. The maximum absolute atomic E-state index is 14.4. The summed E-state index contributed by atoms with van der Waals surface area (Å²) in [4.78, 5) is 54.4. The summed E-state index contributed by atoms with van der Waals surface area (Å²) >= 11 is 0. The second-order valence-corrected chi connectivity index (χ2v) is 11.6. The fraction of sp³-hybridized carbons (Fsp3) is 0.484. The number of carbonyl (C=O) groups is 4. The van der Waals surface area contributed by atoms with Crippen molar-refractivity contribution in [2.45, 2.75) is 91.0 Å². The molecule has 0 spiro atoms. The molecule has 0 heterocycles. The van der Waals surface area contributed by atoms with E-state index >= 15 is 0 Å². The van der Waals surface area contributed by atoms with Crippen LogP contribution >= 0.6 is 0 Å². The van der Waals surface area contributed by atoms with Crippen molar-refractivity contribution in [1.82, 2.24) is 10.2 Å². The summed E-state index contributed by atoms with van der Waals surface area (Å²) < 4.78 is 10.6. The zero-order valence-corrected chi connectivity index (χ0v) is 25.4. The largest absolute Gasteiger partial charge is 0.497 e. The molecule has 41 heavy (non-hydrogen) atoms. The van der Waals surface area contributed by atoms with Crippen LogP contribution in [-0.2, 0) is 19.1 Å². The number of ether oxygens (including phenoxy) is 2. The van der Waals surface area contributed by atoms with E-state index in [1.54, 1.807) is 64.3 Å². The predicted molar refractivity (Wildman–Crippen MR) is 158 cm³/mol. The van der Waals surface area contributed by atoms with Gasteiger partial charge in [-0.15, -0.1) is 0 Å². The predicted octanol–water partition coefficient (Wildman–Crippen LogP) is 4.86. The van der Waals surface area contributed by atoms with Gasteiger partial charge >= 0.3 is 6.09 Å². The lowest BCUT2D eigenvalue weighted by atomic mass is 9.91. The van der Waals surface area contributed by atoms with Crippen LogP contribution in [-0.4, -0.2) is 53.0 Å². The summed E-state index contributed by atoms with van der Waals surface area (Å²) in [6.45, 7) is 12.7. The molecule has 224 valence electrons. The third kappa shape index (κ3) is 9.81. The number of primary amides is 1. The van der Waals surface area contributed by atoms with Crippen LogP contribution in [0.15, 0.2) is 48.5 Å². The first-order chi connectivity index (χ1) is 19.1. The van der Waals surface area contributed by atoms with E-state index in [9.17, 15) is 19.2 Å². The minimum Gasteiger partial charge on any atom is -0.497 e. The minimum atomic E-state index is -1.18. The fourth-order valence-corrected chi connectivity index (χ4v) is 4.16. The lowest BCUT2D eigenvalue weighted by molar-refractivity contribution is -0.148. The van der Waals surface area contributed by atoms with Gasteiger partial charge in [-0.1, -0.05) is 36.8 Å². The highest BCUT2D eigenvalue weighted by Crippen LogP contribution is 2.33. The molecule has 4 amide bonds. The second kappa shape index (κ2) is 14.0. The molecule has 0 aromatic heterocycles. The van der Waals surface area contributed by atoms with Gasteiger partial charge in [0.1, 0.15) is 23.4 Å². The number of hydrogen-bond acceptors (Lipinski definition) is 6. The number of nitrogens with one attached hydrogen (secondary N) is 2. The Hall–Kier alpha value is -4.08. The molecule has 4 N–H and O–H groups in total. The summed E-state index contributed by atoms with van der Waals surface area (Å²) in [5, 5.41) is 5.54. The number of amides is 4. The van der Waals surface area contributed by atoms with Crippen LogP contribution in [0.25, 0.3) is 0 Å². The number of carbonyl (C=O) groups excluding carboxylic acids is 4. The van der Waals surface area contributed by atoms with Crippen LogP contribution in [0.4, 0.5) is 10.5 Å². The molecule has 0 aliphatic heterocycles. The van der Waals surface area contributed by atoms with Crippen LogP contribution in [0, 0.1) is 6.92 Å². The van der Waals surface area contributed by atoms with Crippen molar-refractivity contribution in [3.05, 3.63) is 59.7 Å². The van der Waals surface area contributed by atoms with Gasteiger partial charge < -0.3 is 30.7 Å². The van der Waals surface area contributed by atoms with Gasteiger partial charge in [-0.25, -0.2) is 4.79 Å². The van der Waals surface area contributed by atoms with Crippen LogP contribution in [0.1, 0.15) is 78.0 Å². The first kappa shape index (κ1) is 33.1. The number of methoxy groups -OCH3 is 1. The summed E-state index contributed by atoms with van der Waals surface area (Å²) in [6.07, 6.45) is -0.542. The third-order valence-electron chi connectivity index (χ3n) is 6.68. The number of hydrogen-bond donors (Lipinski definition) is 3. The van der Waals surface area contributed by atoms with Gasteiger partial charge in [-0.05, 0) is 84.2 Å². The van der Waals surface area contributed by atoms with Crippen molar-refractivity contribution in [2.75, 3.05) is 12.4 Å². The van der Waals surface area contributed by atoms with Crippen molar-refractivity contribution in [3.8, 4) is 5.75 Å². The summed E-state index contributed by atoms with van der Waals surface area (Å²) in [5.41, 5.74) is 5.84. The Balaban J connectivity index is 2.61. The van der Waals surface area contributed by atoms with E-state index in [1.165, 1.54) is 4.90 Å². The molecule has 10 heteroatoms. The van der Waals surface area contributed by atoms with Crippen molar-refractivity contribution in [1.29, 1.82) is 0 Å². The average Bonchev–Trinajstić information content (AvgIpc) is 2.89. The van der Waals surface area contributed by atoms with E-state index in [2.05, 4.69) is 10.6 Å². The first-order valence-corrected chi connectivity index (χ1v) is 13.7. The molecule has 2 rings (SSSR count). The normalized spacial score (nSPS) is 13.0. The molecule has 0 radical (unpaired) electrons. The number of aryl methyl sites for hydroxylation is 1. The standard InChI is InChI=1S/C31H44N4O6/c1-9-31(6,7)35(28(38)24(18-19-25(32)36)34-29(39)41-30(3,4)5)26(21-12-10-20(2)11-13-21)27(37)33-22-14-16-23(40-8)17-15-22/h10-17,24,26H,9,18-19H2,1-8H3,(H2,32,36)(H,33,37)(H,34,39). The molecule has 0 aliphatic carbocycles. The van der Waals surface area contributed by atoms with Crippen LogP contribution in [0.3, 0.4) is 0 Å². The summed E-state index contributed by atoms with van der Waals surface area (Å²) in [7, 11) is 1.55. The average molecular weight is 569 g/mol. The molecule has 2 aromatic rings. The smallest absolute Gasteiger partial charge is 0.408 e. The summed E-state index contributed by atoms with van der Waals surface area (Å²) in [5.74, 6) is -0.978. The van der Waals surface area contributed by atoms with Crippen molar-refractivity contribution < 1.29 is 28.7 Å². The Kier molecular flexibility index (Phi) is 11.3. The molecule has 10 nitrogen and oxygen atoms in total. The van der Waals surface area contributed by atoms with Gasteiger partial charge in [-0.3, -0.25) is 14.4 Å². The minimum absolute atomic E-state index is 0.0651. The van der Waals surface area contributed by atoms with E-state index < -0.39 is 47.0 Å². The van der Waals surface area contributed by atoms with Crippen molar-refractivity contribution in [2.24, 2.45) is 5.73 Å². The molecule has 0 aliphatic rings. The van der Waals surface area contributed by atoms with Gasteiger partial charge in [0.2, 0.25) is 11.8 Å². The first-order valence-electron chi connectivity index (χ1n) is 13.7. The Bertz CT molecular complexity index is 1200. The van der Waals surface area contributed by atoms with Crippen molar-refractivity contribution >= 4 is 29.5 Å². The number of rotatable bonds is 12. The van der Waals surface area contributed by atoms with E-state index in [0.717, 1.165) is 5.56 Å². The Morgan fingerprint density at radius 2 is 1.54 bits per heavy atom. The number of alkyl carbamates (subject to hydrolysis) is 1. The van der Waals surface area contributed by atoms with Gasteiger partial charge in [0, 0.05) is 17.6 Å². The maximum Gasteiger partial charge on any atom is 0.408 e. The summed E-state index contributed by atoms with van der Waals surface area (Å²) in [6, 6.07) is 12.0. The van der Waals surface area contributed by atoms with Crippen LogP contribution in [0.5, 0.6) is 5.75 Å². The number of nitrogens with two attached hydrogens (primary N) is 1. The second-order valence-electron chi connectivity index (χ2n) is 11.6. The lowest BCUT2D eigenvalue weighted by Crippen LogP contribution is -2.59. The highest BCUT2D eigenvalue weighted by Gasteiger charge is 2.43. The quantitative estimate of drug-likeness (QED) is 0.334. The highest BCUT2D eigenvalue weighted by molar-refractivity contribution is 5.99. The van der Waals surface area contributed by atoms with E-state index in [0.29, 0.717) is 23.4 Å². The maximum atomic E-state index is 14.4. The molecule has 0 bridgehead atoms. The number of nitrogens with zero attached hydrogens (tertiary/aromatic N) is 1. The Labute approximate surface area is 242 Å². The van der Waals surface area contributed by atoms with Crippen LogP contribution < -0.4 is 21.1 Å². The molecular weight excluding hydrogens is 524 g/mol. The zero-order chi connectivity index (χ0) is 31.0. The molecule has 2 aromatic carbocycles. The Morgan fingerprint density at radius 1 is 0.951 bits per heavy atom. The van der Waals surface area contributed by atoms with E-state index in [-0.39, 0.29) is 12.8 Å². The molecule has 0 saturated heterocycles. The molecule has 2 unspecified atom stereocenters. The molecule has 2 atom stereocenters.